The fraction of sp³-hybridized carbons (Fsp3) is 0.333. The van der Waals surface area contributed by atoms with Crippen LogP contribution in [-0.2, 0) is 4.79 Å². The van der Waals surface area contributed by atoms with E-state index in [9.17, 15) is 9.59 Å². The van der Waals surface area contributed by atoms with Crippen LogP contribution >= 0.6 is 0 Å². The largest absolute Gasteiger partial charge is 0.353 e. The molecular weight excluding hydrogens is 218 g/mol. The maximum atomic E-state index is 11.6. The van der Waals surface area contributed by atoms with Crippen molar-refractivity contribution >= 4 is 11.8 Å². The van der Waals surface area contributed by atoms with Crippen LogP contribution in [0.2, 0.25) is 0 Å². The summed E-state index contributed by atoms with van der Waals surface area (Å²) in [7, 11) is 0. The molecule has 5 nitrogen and oxygen atoms in total. The Morgan fingerprint density at radius 1 is 1.18 bits per heavy atom. The Bertz CT molecular complexity index is 377. The average Bonchev–Trinajstić information content (AvgIpc) is 2.35. The third-order valence-corrected chi connectivity index (χ3v) is 2.16. The topological polar surface area (TPSA) is 84.2 Å². The molecule has 2 amide bonds. The lowest BCUT2D eigenvalue weighted by molar-refractivity contribution is -0.121. The molecule has 1 aromatic carbocycles. The van der Waals surface area contributed by atoms with E-state index in [1.807, 2.05) is 6.07 Å². The quantitative estimate of drug-likeness (QED) is 0.622. The molecule has 0 aromatic heterocycles. The van der Waals surface area contributed by atoms with Crippen molar-refractivity contribution in [2.45, 2.75) is 13.0 Å². The number of amides is 2. The minimum absolute atomic E-state index is 0.152. The van der Waals surface area contributed by atoms with Gasteiger partial charge in [0.25, 0.3) is 5.91 Å². The van der Waals surface area contributed by atoms with Crippen LogP contribution in [0.5, 0.6) is 0 Å². The molecule has 92 valence electrons. The molecule has 1 aromatic rings. The number of hydrogen-bond acceptors (Lipinski definition) is 3. The highest BCUT2D eigenvalue weighted by Gasteiger charge is 2.06. The molecule has 4 N–H and O–H groups in total. The first-order valence-corrected chi connectivity index (χ1v) is 5.48. The maximum absolute atomic E-state index is 11.6. The number of nitrogens with two attached hydrogens (primary N) is 1. The third kappa shape index (κ3) is 4.65. The molecule has 0 fully saturated rings. The fourth-order valence-electron chi connectivity index (χ4n) is 1.21. The molecule has 0 bridgehead atoms. The van der Waals surface area contributed by atoms with Gasteiger partial charge in [-0.1, -0.05) is 18.2 Å². The Balaban J connectivity index is 2.24. The highest BCUT2D eigenvalue weighted by Crippen LogP contribution is 1.96. The highest BCUT2D eigenvalue weighted by molar-refractivity contribution is 5.94. The highest BCUT2D eigenvalue weighted by atomic mass is 16.2. The van der Waals surface area contributed by atoms with Crippen LogP contribution in [0.4, 0.5) is 0 Å². The van der Waals surface area contributed by atoms with E-state index < -0.39 is 6.04 Å². The zero-order valence-corrected chi connectivity index (χ0v) is 9.77. The molecule has 1 atom stereocenters. The number of carbonyl (C=O) groups is 2. The summed E-state index contributed by atoms with van der Waals surface area (Å²) in [6, 6.07) is 8.38. The van der Waals surface area contributed by atoms with Crippen molar-refractivity contribution in [3.8, 4) is 0 Å². The van der Waals surface area contributed by atoms with Crippen molar-refractivity contribution in [3.05, 3.63) is 35.9 Å². The molecule has 0 saturated carbocycles. The van der Waals surface area contributed by atoms with Gasteiger partial charge in [-0.2, -0.15) is 0 Å². The van der Waals surface area contributed by atoms with Crippen molar-refractivity contribution in [1.29, 1.82) is 0 Å². The molecule has 0 spiro atoms. The molecule has 0 heterocycles. The second kappa shape index (κ2) is 6.65. The van der Waals surface area contributed by atoms with Crippen LogP contribution in [0.3, 0.4) is 0 Å². The van der Waals surface area contributed by atoms with E-state index >= 15 is 0 Å². The van der Waals surface area contributed by atoms with Crippen LogP contribution in [0.15, 0.2) is 30.3 Å². The molecule has 5 heteroatoms. The third-order valence-electron chi connectivity index (χ3n) is 2.16. The molecule has 0 radical (unpaired) electrons. The van der Waals surface area contributed by atoms with Gasteiger partial charge in [-0.15, -0.1) is 0 Å². The lowest BCUT2D eigenvalue weighted by Crippen LogP contribution is -2.42. The van der Waals surface area contributed by atoms with Crippen LogP contribution in [0.1, 0.15) is 17.3 Å². The molecule has 0 saturated heterocycles. The summed E-state index contributed by atoms with van der Waals surface area (Å²) in [5.41, 5.74) is 5.97. The van der Waals surface area contributed by atoms with Crippen molar-refractivity contribution in [3.63, 3.8) is 0 Å². The van der Waals surface area contributed by atoms with Crippen LogP contribution in [0.25, 0.3) is 0 Å². The Kier molecular flexibility index (Phi) is 5.16. The molecule has 1 unspecified atom stereocenters. The molecule has 0 aliphatic heterocycles. The standard InChI is InChI=1S/C12H17N3O2/c1-9(13)11(16)14-7-8-15-12(17)10-5-3-2-4-6-10/h2-6,9H,7-8,13H2,1H3,(H,14,16)(H,15,17). The van der Waals surface area contributed by atoms with Crippen molar-refractivity contribution in [2.24, 2.45) is 5.73 Å². The van der Waals surface area contributed by atoms with E-state index in [2.05, 4.69) is 10.6 Å². The van der Waals surface area contributed by atoms with Gasteiger partial charge in [0.05, 0.1) is 6.04 Å². The Labute approximate surface area is 100 Å². The van der Waals surface area contributed by atoms with Crippen LogP contribution in [0, 0.1) is 0 Å². The first-order valence-electron chi connectivity index (χ1n) is 5.48. The van der Waals surface area contributed by atoms with Gasteiger partial charge < -0.3 is 16.4 Å². The Morgan fingerprint density at radius 3 is 2.35 bits per heavy atom. The first kappa shape index (κ1) is 13.2. The lowest BCUT2D eigenvalue weighted by atomic mass is 10.2. The lowest BCUT2D eigenvalue weighted by Gasteiger charge is -2.08. The fourth-order valence-corrected chi connectivity index (χ4v) is 1.21. The summed E-state index contributed by atoms with van der Waals surface area (Å²) in [5, 5.41) is 5.31. The summed E-state index contributed by atoms with van der Waals surface area (Å²) in [5.74, 6) is -0.375. The second-order valence-corrected chi connectivity index (χ2v) is 3.70. The molecule has 0 aliphatic carbocycles. The molecular formula is C12H17N3O2. The number of benzene rings is 1. The van der Waals surface area contributed by atoms with E-state index in [0.29, 0.717) is 18.7 Å². The predicted molar refractivity (Wildman–Crippen MR) is 65.4 cm³/mol. The van der Waals surface area contributed by atoms with Gasteiger partial charge in [0.1, 0.15) is 0 Å². The van der Waals surface area contributed by atoms with Crippen LogP contribution < -0.4 is 16.4 Å². The Hall–Kier alpha value is -1.88. The van der Waals surface area contributed by atoms with Gasteiger partial charge in [-0.05, 0) is 19.1 Å². The molecule has 0 aliphatic rings. The monoisotopic (exact) mass is 235 g/mol. The number of nitrogens with one attached hydrogen (secondary N) is 2. The predicted octanol–water partition coefficient (Wildman–Crippen LogP) is -0.120. The second-order valence-electron chi connectivity index (χ2n) is 3.70. The molecule has 17 heavy (non-hydrogen) atoms. The summed E-state index contributed by atoms with van der Waals surface area (Å²) in [6.45, 7) is 2.36. The summed E-state index contributed by atoms with van der Waals surface area (Å²) < 4.78 is 0. The first-order chi connectivity index (χ1) is 8.11. The number of carbonyl (C=O) groups excluding carboxylic acids is 2. The average molecular weight is 235 g/mol. The Morgan fingerprint density at radius 2 is 1.76 bits per heavy atom. The van der Waals surface area contributed by atoms with Gasteiger partial charge in [0.2, 0.25) is 5.91 Å². The summed E-state index contributed by atoms with van der Waals surface area (Å²) >= 11 is 0. The number of hydrogen-bond donors (Lipinski definition) is 3. The van der Waals surface area contributed by atoms with E-state index in [1.54, 1.807) is 31.2 Å². The smallest absolute Gasteiger partial charge is 0.251 e. The van der Waals surface area contributed by atoms with Gasteiger partial charge in [-0.25, -0.2) is 0 Å². The van der Waals surface area contributed by atoms with Crippen molar-refractivity contribution in [1.82, 2.24) is 10.6 Å². The summed E-state index contributed by atoms with van der Waals surface area (Å²) in [4.78, 5) is 22.7. The zero-order chi connectivity index (χ0) is 12.7. The van der Waals surface area contributed by atoms with Gasteiger partial charge in [0, 0.05) is 18.7 Å². The van der Waals surface area contributed by atoms with Crippen molar-refractivity contribution < 1.29 is 9.59 Å². The maximum Gasteiger partial charge on any atom is 0.251 e. The van der Waals surface area contributed by atoms with Gasteiger partial charge in [0.15, 0.2) is 0 Å². The normalized spacial score (nSPS) is 11.6. The molecule has 1 rings (SSSR count). The minimum Gasteiger partial charge on any atom is -0.353 e. The van der Waals surface area contributed by atoms with Crippen LogP contribution in [-0.4, -0.2) is 30.9 Å². The van der Waals surface area contributed by atoms with E-state index in [4.69, 9.17) is 5.73 Å². The van der Waals surface area contributed by atoms with E-state index in [-0.39, 0.29) is 11.8 Å². The van der Waals surface area contributed by atoms with Gasteiger partial charge in [-0.3, -0.25) is 9.59 Å². The minimum atomic E-state index is -0.528. The SMILES string of the molecule is CC(N)C(=O)NCCNC(=O)c1ccccc1. The summed E-state index contributed by atoms with van der Waals surface area (Å²) in [6.07, 6.45) is 0. The zero-order valence-electron chi connectivity index (χ0n) is 9.77. The van der Waals surface area contributed by atoms with Gasteiger partial charge >= 0.3 is 0 Å². The van der Waals surface area contributed by atoms with E-state index in [0.717, 1.165) is 0 Å². The number of rotatable bonds is 5. The van der Waals surface area contributed by atoms with Crippen molar-refractivity contribution in [2.75, 3.05) is 13.1 Å². The van der Waals surface area contributed by atoms with E-state index in [1.165, 1.54) is 0 Å².